The van der Waals surface area contributed by atoms with E-state index in [4.69, 9.17) is 21.1 Å². The summed E-state index contributed by atoms with van der Waals surface area (Å²) < 4.78 is 5.72. The second-order valence-electron chi connectivity index (χ2n) is 4.79. The highest BCUT2D eigenvalue weighted by Gasteiger charge is 2.16. The maximum atomic E-state index is 11.0. The Morgan fingerprint density at radius 2 is 2.05 bits per heavy atom. The SMILES string of the molecule is CC(C(=O)O)c1ccc2nc(-c3ccccc3Cl)oc2c1. The minimum atomic E-state index is -0.875. The zero-order valence-corrected chi connectivity index (χ0v) is 12.0. The highest BCUT2D eigenvalue weighted by atomic mass is 35.5. The van der Waals surface area contributed by atoms with Crippen molar-refractivity contribution in [2.24, 2.45) is 0 Å². The highest BCUT2D eigenvalue weighted by molar-refractivity contribution is 6.33. The van der Waals surface area contributed by atoms with Gasteiger partial charge in [0.25, 0.3) is 0 Å². The van der Waals surface area contributed by atoms with E-state index in [9.17, 15) is 4.79 Å². The number of benzene rings is 2. The van der Waals surface area contributed by atoms with Crippen LogP contribution >= 0.6 is 11.6 Å². The van der Waals surface area contributed by atoms with Gasteiger partial charge in [0, 0.05) is 0 Å². The van der Waals surface area contributed by atoms with Crippen LogP contribution in [0.2, 0.25) is 5.02 Å². The summed E-state index contributed by atoms with van der Waals surface area (Å²) in [7, 11) is 0. The van der Waals surface area contributed by atoms with Crippen LogP contribution < -0.4 is 0 Å². The van der Waals surface area contributed by atoms with E-state index in [-0.39, 0.29) is 0 Å². The normalized spacial score (nSPS) is 12.5. The van der Waals surface area contributed by atoms with Gasteiger partial charge in [-0.25, -0.2) is 4.98 Å². The van der Waals surface area contributed by atoms with Crippen LogP contribution in [-0.2, 0) is 4.79 Å². The van der Waals surface area contributed by atoms with E-state index in [0.717, 1.165) is 0 Å². The number of halogens is 1. The molecule has 1 heterocycles. The lowest BCUT2D eigenvalue weighted by atomic mass is 10.0. The standard InChI is InChI=1S/C16H12ClNO3/c1-9(16(19)20)10-6-7-13-14(8-10)21-15(18-13)11-4-2-3-5-12(11)17/h2-9H,1H3,(H,19,20). The number of carboxylic acids is 1. The first-order valence-electron chi connectivity index (χ1n) is 6.44. The topological polar surface area (TPSA) is 63.3 Å². The molecule has 1 aromatic heterocycles. The van der Waals surface area contributed by atoms with Crippen molar-refractivity contribution in [2.75, 3.05) is 0 Å². The Morgan fingerprint density at radius 1 is 1.29 bits per heavy atom. The molecular formula is C16H12ClNO3. The number of hydrogen-bond acceptors (Lipinski definition) is 3. The zero-order valence-electron chi connectivity index (χ0n) is 11.2. The van der Waals surface area contributed by atoms with Gasteiger partial charge in [0.2, 0.25) is 5.89 Å². The molecule has 0 saturated carbocycles. The van der Waals surface area contributed by atoms with Gasteiger partial charge in [-0.2, -0.15) is 0 Å². The fourth-order valence-corrected chi connectivity index (χ4v) is 2.32. The second-order valence-corrected chi connectivity index (χ2v) is 5.19. The van der Waals surface area contributed by atoms with Crippen LogP contribution in [0.25, 0.3) is 22.6 Å². The van der Waals surface area contributed by atoms with Gasteiger partial charge in [0.1, 0.15) is 5.52 Å². The van der Waals surface area contributed by atoms with E-state index in [1.165, 1.54) is 0 Å². The summed E-state index contributed by atoms with van der Waals surface area (Å²) in [5.41, 5.74) is 2.61. The summed E-state index contributed by atoms with van der Waals surface area (Å²) in [4.78, 5) is 15.4. The van der Waals surface area contributed by atoms with E-state index in [0.29, 0.717) is 33.1 Å². The third-order valence-corrected chi connectivity index (χ3v) is 3.72. The molecule has 1 atom stereocenters. The molecule has 3 aromatic rings. The van der Waals surface area contributed by atoms with Gasteiger partial charge in [-0.15, -0.1) is 0 Å². The molecule has 0 saturated heterocycles. The summed E-state index contributed by atoms with van der Waals surface area (Å²) in [6.45, 7) is 1.63. The lowest BCUT2D eigenvalue weighted by molar-refractivity contribution is -0.138. The second kappa shape index (κ2) is 5.22. The number of rotatable bonds is 3. The van der Waals surface area contributed by atoms with Crippen LogP contribution in [0.5, 0.6) is 0 Å². The van der Waals surface area contributed by atoms with Gasteiger partial charge in [-0.3, -0.25) is 4.79 Å². The van der Waals surface area contributed by atoms with Crippen molar-refractivity contribution in [2.45, 2.75) is 12.8 Å². The smallest absolute Gasteiger partial charge is 0.310 e. The summed E-state index contributed by atoms with van der Waals surface area (Å²) in [5, 5.41) is 9.62. The fraction of sp³-hybridized carbons (Fsp3) is 0.125. The van der Waals surface area contributed by atoms with Crippen LogP contribution in [0.4, 0.5) is 0 Å². The van der Waals surface area contributed by atoms with Crippen LogP contribution in [0.3, 0.4) is 0 Å². The highest BCUT2D eigenvalue weighted by Crippen LogP contribution is 2.31. The van der Waals surface area contributed by atoms with Crippen molar-refractivity contribution in [1.82, 2.24) is 4.98 Å². The minimum Gasteiger partial charge on any atom is -0.481 e. The van der Waals surface area contributed by atoms with Crippen molar-refractivity contribution < 1.29 is 14.3 Å². The summed E-state index contributed by atoms with van der Waals surface area (Å²) >= 11 is 6.13. The van der Waals surface area contributed by atoms with Crippen molar-refractivity contribution in [3.05, 3.63) is 53.1 Å². The van der Waals surface area contributed by atoms with E-state index in [1.807, 2.05) is 18.2 Å². The molecular weight excluding hydrogens is 290 g/mol. The number of oxazole rings is 1. The summed E-state index contributed by atoms with van der Waals surface area (Å²) in [5.74, 6) is -1.04. The largest absolute Gasteiger partial charge is 0.481 e. The number of carboxylic acid groups (broad SMARTS) is 1. The predicted molar refractivity (Wildman–Crippen MR) is 80.5 cm³/mol. The minimum absolute atomic E-state index is 0.427. The predicted octanol–water partition coefficient (Wildman–Crippen LogP) is 4.34. The van der Waals surface area contributed by atoms with E-state index >= 15 is 0 Å². The molecule has 0 aliphatic heterocycles. The van der Waals surface area contributed by atoms with Gasteiger partial charge in [-0.05, 0) is 36.8 Å². The van der Waals surface area contributed by atoms with Gasteiger partial charge in [0.15, 0.2) is 5.58 Å². The number of hydrogen-bond donors (Lipinski definition) is 1. The zero-order chi connectivity index (χ0) is 15.0. The Morgan fingerprint density at radius 3 is 2.76 bits per heavy atom. The van der Waals surface area contributed by atoms with Crippen molar-refractivity contribution >= 4 is 28.7 Å². The van der Waals surface area contributed by atoms with Crippen LogP contribution in [-0.4, -0.2) is 16.1 Å². The average Bonchev–Trinajstić information content (AvgIpc) is 2.89. The Bertz CT molecular complexity index is 825. The first-order valence-corrected chi connectivity index (χ1v) is 6.82. The van der Waals surface area contributed by atoms with Gasteiger partial charge in [-0.1, -0.05) is 29.8 Å². The van der Waals surface area contributed by atoms with E-state index in [2.05, 4.69) is 4.98 Å². The molecule has 2 aromatic carbocycles. The number of carbonyl (C=O) groups is 1. The van der Waals surface area contributed by atoms with E-state index in [1.54, 1.807) is 31.2 Å². The van der Waals surface area contributed by atoms with Gasteiger partial charge >= 0.3 is 5.97 Å². The lowest BCUT2D eigenvalue weighted by Crippen LogP contribution is -2.06. The Balaban J connectivity index is 2.09. The van der Waals surface area contributed by atoms with Crippen molar-refractivity contribution in [1.29, 1.82) is 0 Å². The molecule has 0 bridgehead atoms. The third kappa shape index (κ3) is 2.50. The van der Waals surface area contributed by atoms with Crippen LogP contribution in [0.1, 0.15) is 18.4 Å². The Hall–Kier alpha value is -2.33. The molecule has 106 valence electrons. The maximum Gasteiger partial charge on any atom is 0.310 e. The molecule has 4 nitrogen and oxygen atoms in total. The monoisotopic (exact) mass is 301 g/mol. The molecule has 3 rings (SSSR count). The molecule has 0 amide bonds. The summed E-state index contributed by atoms with van der Waals surface area (Å²) in [6.07, 6.45) is 0. The lowest BCUT2D eigenvalue weighted by Gasteiger charge is -2.04. The summed E-state index contributed by atoms with van der Waals surface area (Å²) in [6, 6.07) is 12.5. The van der Waals surface area contributed by atoms with Crippen LogP contribution in [0, 0.1) is 0 Å². The average molecular weight is 302 g/mol. The van der Waals surface area contributed by atoms with Crippen LogP contribution in [0.15, 0.2) is 46.9 Å². The molecule has 0 aliphatic rings. The van der Waals surface area contributed by atoms with Gasteiger partial charge in [0.05, 0.1) is 16.5 Å². The molecule has 0 radical (unpaired) electrons. The maximum absolute atomic E-state index is 11.0. The first kappa shape index (κ1) is 13.6. The van der Waals surface area contributed by atoms with Crippen molar-refractivity contribution in [3.8, 4) is 11.5 Å². The third-order valence-electron chi connectivity index (χ3n) is 3.39. The number of nitrogens with zero attached hydrogens (tertiary/aromatic N) is 1. The Labute approximate surface area is 126 Å². The molecule has 5 heteroatoms. The molecule has 1 unspecified atom stereocenters. The number of aliphatic carboxylic acids is 1. The van der Waals surface area contributed by atoms with Gasteiger partial charge < -0.3 is 9.52 Å². The molecule has 21 heavy (non-hydrogen) atoms. The Kier molecular flexibility index (Phi) is 3.39. The molecule has 0 aliphatic carbocycles. The molecule has 0 fully saturated rings. The fourth-order valence-electron chi connectivity index (χ4n) is 2.10. The molecule has 0 spiro atoms. The quantitative estimate of drug-likeness (QED) is 0.781. The van der Waals surface area contributed by atoms with Crippen molar-refractivity contribution in [3.63, 3.8) is 0 Å². The van der Waals surface area contributed by atoms with E-state index < -0.39 is 11.9 Å². The first-order chi connectivity index (χ1) is 10.1. The molecule has 1 N–H and O–H groups in total. The number of fused-ring (bicyclic) bond motifs is 1. The number of aromatic nitrogens is 1.